The number of rotatable bonds is 1. The van der Waals surface area contributed by atoms with Gasteiger partial charge in [-0.1, -0.05) is 51.3 Å². The van der Waals surface area contributed by atoms with E-state index in [-0.39, 0.29) is 0 Å². The Labute approximate surface area is 113 Å². The van der Waals surface area contributed by atoms with Crippen LogP contribution in [0.1, 0.15) is 65.7 Å². The molecule has 1 fully saturated rings. The van der Waals surface area contributed by atoms with E-state index in [1.165, 1.54) is 44.9 Å². The van der Waals surface area contributed by atoms with Crippen molar-refractivity contribution >= 4 is 0 Å². The minimum Gasteiger partial charge on any atom is -0.0807 e. The Morgan fingerprint density at radius 3 is 2.94 bits per heavy atom. The summed E-state index contributed by atoms with van der Waals surface area (Å²) in [6.45, 7) is 7.41. The van der Waals surface area contributed by atoms with Gasteiger partial charge in [-0.05, 0) is 60.8 Å². The summed E-state index contributed by atoms with van der Waals surface area (Å²) in [6.07, 6.45) is 14.9. The number of hydrogen-bond donors (Lipinski definition) is 0. The highest BCUT2D eigenvalue weighted by atomic mass is 14.5. The molecule has 18 heavy (non-hydrogen) atoms. The predicted molar refractivity (Wildman–Crippen MR) is 78.4 cm³/mol. The van der Waals surface area contributed by atoms with Gasteiger partial charge in [0.1, 0.15) is 0 Å². The van der Waals surface area contributed by atoms with Crippen molar-refractivity contribution in [2.24, 2.45) is 23.2 Å². The van der Waals surface area contributed by atoms with Crippen LogP contribution in [0.4, 0.5) is 0 Å². The fourth-order valence-corrected chi connectivity index (χ4v) is 5.13. The van der Waals surface area contributed by atoms with E-state index in [4.69, 9.17) is 0 Å². The average Bonchev–Trinajstić information content (AvgIpc) is 2.38. The summed E-state index contributed by atoms with van der Waals surface area (Å²) in [5.74, 6) is 2.77. The summed E-state index contributed by atoms with van der Waals surface area (Å²) in [5.41, 5.74) is 3.99. The van der Waals surface area contributed by atoms with Crippen molar-refractivity contribution in [3.05, 3.63) is 23.3 Å². The normalized spacial score (nSPS) is 43.6. The quantitative estimate of drug-likeness (QED) is 0.571. The first-order valence-electron chi connectivity index (χ1n) is 8.04. The van der Waals surface area contributed by atoms with Crippen LogP contribution in [0.5, 0.6) is 0 Å². The van der Waals surface area contributed by atoms with E-state index in [1.807, 2.05) is 0 Å². The maximum absolute atomic E-state index is 2.61. The second-order valence-corrected chi connectivity index (χ2v) is 7.17. The maximum Gasteiger partial charge on any atom is -0.0105 e. The second kappa shape index (κ2) is 4.54. The number of allylic oxidation sites excluding steroid dienone is 4. The SMILES string of the molecule is CCC1=CC2=CCC3C(C)CCC[C@@]3(C)C2CC1. The van der Waals surface area contributed by atoms with E-state index in [9.17, 15) is 0 Å². The van der Waals surface area contributed by atoms with E-state index in [1.54, 1.807) is 11.1 Å². The zero-order valence-electron chi connectivity index (χ0n) is 12.3. The van der Waals surface area contributed by atoms with Crippen LogP contribution in [-0.2, 0) is 0 Å². The third-order valence-corrected chi connectivity index (χ3v) is 6.29. The van der Waals surface area contributed by atoms with Gasteiger partial charge in [-0.15, -0.1) is 0 Å². The van der Waals surface area contributed by atoms with E-state index < -0.39 is 0 Å². The Kier molecular flexibility index (Phi) is 3.16. The molecule has 0 nitrogen and oxygen atoms in total. The zero-order valence-corrected chi connectivity index (χ0v) is 12.3. The van der Waals surface area contributed by atoms with E-state index >= 15 is 0 Å². The molecule has 4 atom stereocenters. The molecule has 0 aromatic carbocycles. The number of fused-ring (bicyclic) bond motifs is 3. The molecule has 3 aliphatic rings. The molecule has 0 N–H and O–H groups in total. The van der Waals surface area contributed by atoms with Crippen molar-refractivity contribution in [2.75, 3.05) is 0 Å². The summed E-state index contributed by atoms with van der Waals surface area (Å²) in [6, 6.07) is 0. The van der Waals surface area contributed by atoms with Crippen molar-refractivity contribution in [3.63, 3.8) is 0 Å². The van der Waals surface area contributed by atoms with E-state index in [0.717, 1.165) is 17.8 Å². The first-order chi connectivity index (χ1) is 8.65. The van der Waals surface area contributed by atoms with Crippen LogP contribution < -0.4 is 0 Å². The van der Waals surface area contributed by atoms with Crippen molar-refractivity contribution in [3.8, 4) is 0 Å². The van der Waals surface area contributed by atoms with Gasteiger partial charge in [0.2, 0.25) is 0 Å². The molecule has 0 aromatic heterocycles. The van der Waals surface area contributed by atoms with Gasteiger partial charge in [-0.25, -0.2) is 0 Å². The van der Waals surface area contributed by atoms with Crippen LogP contribution in [0.25, 0.3) is 0 Å². The van der Waals surface area contributed by atoms with Gasteiger partial charge in [-0.3, -0.25) is 0 Å². The van der Waals surface area contributed by atoms with E-state index in [0.29, 0.717) is 5.41 Å². The molecule has 1 saturated carbocycles. The lowest BCUT2D eigenvalue weighted by Crippen LogP contribution is -2.45. The average molecular weight is 244 g/mol. The van der Waals surface area contributed by atoms with Crippen LogP contribution in [0, 0.1) is 23.2 Å². The van der Waals surface area contributed by atoms with Crippen molar-refractivity contribution < 1.29 is 0 Å². The standard InChI is InChI=1S/C18H28/c1-4-14-7-9-17-15(12-14)8-10-16-13(2)6-5-11-18(16,17)3/h8,12-13,16-17H,4-7,9-11H2,1-3H3/t13?,16?,17?,18-/m1/s1. The molecule has 0 bridgehead atoms. The highest BCUT2D eigenvalue weighted by Gasteiger charge is 2.48. The van der Waals surface area contributed by atoms with Gasteiger partial charge >= 0.3 is 0 Å². The third-order valence-electron chi connectivity index (χ3n) is 6.29. The van der Waals surface area contributed by atoms with Crippen molar-refractivity contribution in [1.82, 2.24) is 0 Å². The first kappa shape index (κ1) is 12.5. The molecule has 3 aliphatic carbocycles. The lowest BCUT2D eigenvalue weighted by atomic mass is 9.51. The summed E-state index contributed by atoms with van der Waals surface area (Å²) in [7, 11) is 0. The topological polar surface area (TPSA) is 0 Å². The van der Waals surface area contributed by atoms with Gasteiger partial charge < -0.3 is 0 Å². The lowest BCUT2D eigenvalue weighted by molar-refractivity contribution is 0.0111. The van der Waals surface area contributed by atoms with E-state index in [2.05, 4.69) is 32.9 Å². The number of hydrogen-bond acceptors (Lipinski definition) is 0. The van der Waals surface area contributed by atoms with Gasteiger partial charge in [0.15, 0.2) is 0 Å². The Morgan fingerprint density at radius 2 is 2.17 bits per heavy atom. The molecule has 0 saturated heterocycles. The van der Waals surface area contributed by atoms with Crippen LogP contribution in [0.2, 0.25) is 0 Å². The maximum atomic E-state index is 2.61. The second-order valence-electron chi connectivity index (χ2n) is 7.17. The van der Waals surface area contributed by atoms with Gasteiger partial charge in [0.25, 0.3) is 0 Å². The first-order valence-corrected chi connectivity index (χ1v) is 8.04. The van der Waals surface area contributed by atoms with Gasteiger partial charge in [-0.2, -0.15) is 0 Å². The van der Waals surface area contributed by atoms with Crippen molar-refractivity contribution in [2.45, 2.75) is 65.7 Å². The monoisotopic (exact) mass is 244 g/mol. The molecule has 0 heteroatoms. The molecule has 0 amide bonds. The van der Waals surface area contributed by atoms with Crippen molar-refractivity contribution in [1.29, 1.82) is 0 Å². The summed E-state index contributed by atoms with van der Waals surface area (Å²) in [4.78, 5) is 0. The molecule has 0 radical (unpaired) electrons. The summed E-state index contributed by atoms with van der Waals surface area (Å²) >= 11 is 0. The summed E-state index contributed by atoms with van der Waals surface area (Å²) < 4.78 is 0. The van der Waals surface area contributed by atoms with Crippen LogP contribution >= 0.6 is 0 Å². The minimum atomic E-state index is 0.609. The fraction of sp³-hybridized carbons (Fsp3) is 0.778. The molecule has 0 heterocycles. The van der Waals surface area contributed by atoms with Crippen LogP contribution in [0.15, 0.2) is 23.3 Å². The smallest absolute Gasteiger partial charge is 0.0105 e. The molecule has 0 spiro atoms. The Balaban J connectivity index is 1.94. The van der Waals surface area contributed by atoms with Gasteiger partial charge in [0.05, 0.1) is 0 Å². The molecule has 3 unspecified atom stereocenters. The molecule has 100 valence electrons. The lowest BCUT2D eigenvalue weighted by Gasteiger charge is -2.54. The largest absolute Gasteiger partial charge is 0.0807 e. The Bertz CT molecular complexity index is 387. The third kappa shape index (κ3) is 1.80. The zero-order chi connectivity index (χ0) is 12.8. The highest BCUT2D eigenvalue weighted by molar-refractivity contribution is 5.34. The molecular weight excluding hydrogens is 216 g/mol. The molecule has 0 aromatic rings. The highest BCUT2D eigenvalue weighted by Crippen LogP contribution is 2.58. The summed E-state index contributed by atoms with van der Waals surface area (Å²) in [5, 5.41) is 0. The molecule has 0 aliphatic heterocycles. The fourth-order valence-electron chi connectivity index (χ4n) is 5.13. The Morgan fingerprint density at radius 1 is 1.33 bits per heavy atom. The van der Waals surface area contributed by atoms with Gasteiger partial charge in [0, 0.05) is 0 Å². The van der Waals surface area contributed by atoms with Crippen LogP contribution in [-0.4, -0.2) is 0 Å². The predicted octanol–water partition coefficient (Wildman–Crippen LogP) is 5.51. The minimum absolute atomic E-state index is 0.609. The van der Waals surface area contributed by atoms with Crippen LogP contribution in [0.3, 0.4) is 0 Å². The molecule has 3 rings (SSSR count). The Hall–Kier alpha value is -0.520. The molecular formula is C18H28.